The summed E-state index contributed by atoms with van der Waals surface area (Å²) in [5, 5.41) is 3.26. The quantitative estimate of drug-likeness (QED) is 0.792. The van der Waals surface area contributed by atoms with Crippen LogP contribution in [-0.4, -0.2) is 18.1 Å². The minimum absolute atomic E-state index is 0.701. The molecule has 2 aliphatic rings. The van der Waals surface area contributed by atoms with Crippen LogP contribution in [0.25, 0.3) is 0 Å². The van der Waals surface area contributed by atoms with E-state index < -0.39 is 0 Å². The lowest BCUT2D eigenvalue weighted by molar-refractivity contribution is 0.318. The Labute approximate surface area is 83.9 Å². The SMILES string of the molecule is c1oc(CC2CNC2)nc1C1CCC1. The summed E-state index contributed by atoms with van der Waals surface area (Å²) >= 11 is 0. The fourth-order valence-corrected chi connectivity index (χ4v) is 2.05. The van der Waals surface area contributed by atoms with Crippen molar-refractivity contribution in [3.63, 3.8) is 0 Å². The molecule has 1 aromatic heterocycles. The second-order valence-corrected chi connectivity index (χ2v) is 4.52. The summed E-state index contributed by atoms with van der Waals surface area (Å²) in [6, 6.07) is 0. The maximum Gasteiger partial charge on any atom is 0.194 e. The molecule has 3 heteroatoms. The summed E-state index contributed by atoms with van der Waals surface area (Å²) in [5.74, 6) is 2.40. The monoisotopic (exact) mass is 192 g/mol. The Hall–Kier alpha value is -0.830. The highest BCUT2D eigenvalue weighted by atomic mass is 16.3. The van der Waals surface area contributed by atoms with Crippen molar-refractivity contribution in [2.45, 2.75) is 31.6 Å². The zero-order chi connectivity index (χ0) is 9.38. The molecule has 0 aromatic carbocycles. The Morgan fingerprint density at radius 3 is 2.86 bits per heavy atom. The molecule has 3 rings (SSSR count). The van der Waals surface area contributed by atoms with E-state index in [2.05, 4.69) is 10.3 Å². The van der Waals surface area contributed by atoms with Crippen LogP contribution in [0, 0.1) is 5.92 Å². The number of oxazole rings is 1. The molecule has 76 valence electrons. The molecular weight excluding hydrogens is 176 g/mol. The van der Waals surface area contributed by atoms with Gasteiger partial charge in [0.05, 0.1) is 5.69 Å². The molecule has 0 atom stereocenters. The second-order valence-electron chi connectivity index (χ2n) is 4.52. The average molecular weight is 192 g/mol. The molecule has 1 N–H and O–H groups in total. The van der Waals surface area contributed by atoms with Crippen molar-refractivity contribution in [1.82, 2.24) is 10.3 Å². The number of nitrogens with one attached hydrogen (secondary N) is 1. The standard InChI is InChI=1S/C11H16N2O/c1-2-9(3-1)10-7-14-11(13-10)4-8-5-12-6-8/h7-9,12H,1-6H2. The van der Waals surface area contributed by atoms with Crippen LogP contribution in [0.1, 0.15) is 36.8 Å². The Balaban J connectivity index is 1.63. The van der Waals surface area contributed by atoms with Gasteiger partial charge in [0.1, 0.15) is 6.26 Å². The molecule has 1 aromatic rings. The molecule has 3 nitrogen and oxygen atoms in total. The summed E-state index contributed by atoms with van der Waals surface area (Å²) in [6.45, 7) is 2.25. The van der Waals surface area contributed by atoms with Gasteiger partial charge in [-0.15, -0.1) is 0 Å². The highest BCUT2D eigenvalue weighted by Crippen LogP contribution is 2.35. The van der Waals surface area contributed by atoms with Gasteiger partial charge >= 0.3 is 0 Å². The minimum Gasteiger partial charge on any atom is -0.449 e. The van der Waals surface area contributed by atoms with Crippen LogP contribution in [0.3, 0.4) is 0 Å². The predicted molar refractivity (Wildman–Crippen MR) is 53.2 cm³/mol. The van der Waals surface area contributed by atoms with E-state index in [9.17, 15) is 0 Å². The number of nitrogens with zero attached hydrogens (tertiary/aromatic N) is 1. The van der Waals surface area contributed by atoms with Crippen LogP contribution in [0.4, 0.5) is 0 Å². The van der Waals surface area contributed by atoms with E-state index >= 15 is 0 Å². The normalized spacial score (nSPS) is 23.1. The van der Waals surface area contributed by atoms with E-state index in [1.807, 2.05) is 6.26 Å². The lowest BCUT2D eigenvalue weighted by atomic mass is 9.83. The summed E-state index contributed by atoms with van der Waals surface area (Å²) in [5.41, 5.74) is 1.19. The Morgan fingerprint density at radius 1 is 1.43 bits per heavy atom. The molecule has 2 heterocycles. The molecule has 0 unspecified atom stereocenters. The van der Waals surface area contributed by atoms with Crippen LogP contribution < -0.4 is 5.32 Å². The Morgan fingerprint density at radius 2 is 2.29 bits per heavy atom. The molecule has 2 fully saturated rings. The zero-order valence-corrected chi connectivity index (χ0v) is 8.33. The fourth-order valence-electron chi connectivity index (χ4n) is 2.05. The Bertz CT molecular complexity index is 313. The van der Waals surface area contributed by atoms with Crippen molar-refractivity contribution < 1.29 is 4.42 Å². The number of hydrogen-bond acceptors (Lipinski definition) is 3. The molecule has 14 heavy (non-hydrogen) atoms. The van der Waals surface area contributed by atoms with Crippen LogP contribution in [-0.2, 0) is 6.42 Å². The second kappa shape index (κ2) is 3.39. The van der Waals surface area contributed by atoms with E-state index in [0.717, 1.165) is 31.3 Å². The third kappa shape index (κ3) is 1.46. The van der Waals surface area contributed by atoms with Gasteiger partial charge in [0.2, 0.25) is 0 Å². The van der Waals surface area contributed by atoms with Crippen molar-refractivity contribution >= 4 is 0 Å². The summed E-state index contributed by atoms with van der Waals surface area (Å²) in [6.07, 6.45) is 6.85. The van der Waals surface area contributed by atoms with Crippen LogP contribution in [0.5, 0.6) is 0 Å². The average Bonchev–Trinajstić information content (AvgIpc) is 2.42. The van der Waals surface area contributed by atoms with Gasteiger partial charge in [0.25, 0.3) is 0 Å². The highest BCUT2D eigenvalue weighted by Gasteiger charge is 2.24. The molecule has 0 bridgehead atoms. The molecule has 1 saturated carbocycles. The number of aromatic nitrogens is 1. The molecule has 1 aliphatic carbocycles. The van der Waals surface area contributed by atoms with Crippen LogP contribution in [0.2, 0.25) is 0 Å². The molecule has 0 spiro atoms. The van der Waals surface area contributed by atoms with E-state index in [1.165, 1.54) is 25.0 Å². The van der Waals surface area contributed by atoms with Crippen molar-refractivity contribution in [1.29, 1.82) is 0 Å². The first kappa shape index (κ1) is 8.48. The lowest BCUT2D eigenvalue weighted by Crippen LogP contribution is -2.43. The smallest absolute Gasteiger partial charge is 0.194 e. The summed E-state index contributed by atoms with van der Waals surface area (Å²) in [7, 11) is 0. The number of hydrogen-bond donors (Lipinski definition) is 1. The van der Waals surface area contributed by atoms with Gasteiger partial charge in [-0.05, 0) is 31.8 Å². The van der Waals surface area contributed by atoms with Gasteiger partial charge in [-0.2, -0.15) is 0 Å². The van der Waals surface area contributed by atoms with Gasteiger partial charge in [0.15, 0.2) is 5.89 Å². The zero-order valence-electron chi connectivity index (χ0n) is 8.33. The predicted octanol–water partition coefficient (Wildman–Crippen LogP) is 1.70. The van der Waals surface area contributed by atoms with Gasteiger partial charge < -0.3 is 9.73 Å². The van der Waals surface area contributed by atoms with Gasteiger partial charge in [-0.1, -0.05) is 6.42 Å². The molecule has 0 amide bonds. The maximum absolute atomic E-state index is 5.49. The lowest BCUT2D eigenvalue weighted by Gasteiger charge is -2.25. The first-order valence-corrected chi connectivity index (χ1v) is 5.57. The highest BCUT2D eigenvalue weighted by molar-refractivity contribution is 5.08. The number of rotatable bonds is 3. The van der Waals surface area contributed by atoms with E-state index in [4.69, 9.17) is 4.42 Å². The van der Waals surface area contributed by atoms with Crippen molar-refractivity contribution in [3.8, 4) is 0 Å². The van der Waals surface area contributed by atoms with E-state index in [0.29, 0.717) is 5.92 Å². The first-order valence-electron chi connectivity index (χ1n) is 5.57. The molecule has 1 saturated heterocycles. The van der Waals surface area contributed by atoms with Crippen molar-refractivity contribution in [3.05, 3.63) is 17.8 Å². The van der Waals surface area contributed by atoms with Crippen molar-refractivity contribution in [2.24, 2.45) is 5.92 Å². The maximum atomic E-state index is 5.49. The van der Waals surface area contributed by atoms with Crippen molar-refractivity contribution in [2.75, 3.05) is 13.1 Å². The third-order valence-corrected chi connectivity index (χ3v) is 3.42. The van der Waals surface area contributed by atoms with E-state index in [1.54, 1.807) is 0 Å². The summed E-state index contributed by atoms with van der Waals surface area (Å²) in [4.78, 5) is 4.56. The largest absolute Gasteiger partial charge is 0.449 e. The molecule has 1 aliphatic heterocycles. The van der Waals surface area contributed by atoms with Gasteiger partial charge in [0, 0.05) is 12.3 Å². The van der Waals surface area contributed by atoms with Crippen LogP contribution in [0.15, 0.2) is 10.7 Å². The van der Waals surface area contributed by atoms with Gasteiger partial charge in [-0.25, -0.2) is 4.98 Å². The third-order valence-electron chi connectivity index (χ3n) is 3.42. The van der Waals surface area contributed by atoms with Gasteiger partial charge in [-0.3, -0.25) is 0 Å². The molecular formula is C11H16N2O. The van der Waals surface area contributed by atoms with E-state index in [-0.39, 0.29) is 0 Å². The van der Waals surface area contributed by atoms with Crippen LogP contribution >= 0.6 is 0 Å². The summed E-state index contributed by atoms with van der Waals surface area (Å²) < 4.78 is 5.49. The first-order chi connectivity index (χ1) is 6.92. The molecule has 0 radical (unpaired) electrons. The fraction of sp³-hybridized carbons (Fsp3) is 0.727. The Kier molecular flexibility index (Phi) is 2.05. The topological polar surface area (TPSA) is 38.1 Å². The minimum atomic E-state index is 0.701.